The van der Waals surface area contributed by atoms with E-state index in [1.54, 1.807) is 6.20 Å². The van der Waals surface area contributed by atoms with E-state index in [9.17, 15) is 0 Å². The van der Waals surface area contributed by atoms with Crippen LogP contribution in [-0.2, 0) is 4.79 Å². The Morgan fingerprint density at radius 2 is 1.65 bits per heavy atom. The Labute approximate surface area is 295 Å². The summed E-state index contributed by atoms with van der Waals surface area (Å²) in [5, 5.41) is 10.4. The van der Waals surface area contributed by atoms with Gasteiger partial charge in [0.25, 0.3) is 0 Å². The lowest BCUT2D eigenvalue weighted by Crippen LogP contribution is -2.40. The highest BCUT2D eigenvalue weighted by Gasteiger charge is 2.21. The molecule has 3 aromatic rings. The van der Waals surface area contributed by atoms with Crippen molar-refractivity contribution in [1.29, 1.82) is 0 Å². The van der Waals surface area contributed by atoms with E-state index >= 15 is 0 Å². The van der Waals surface area contributed by atoms with Crippen molar-refractivity contribution >= 4 is 41.5 Å². The summed E-state index contributed by atoms with van der Waals surface area (Å²) in [4.78, 5) is 19.4. The molecule has 8 nitrogen and oxygen atoms in total. The number of nitrogens with one attached hydrogen (secondary N) is 3. The summed E-state index contributed by atoms with van der Waals surface area (Å²) in [6.07, 6.45) is 10.8. The number of piperazine rings is 1. The zero-order valence-electron chi connectivity index (χ0n) is 30.8. The second-order valence-corrected chi connectivity index (χ2v) is 13.8. The van der Waals surface area contributed by atoms with Crippen LogP contribution in [0.4, 0.5) is 23.1 Å². The van der Waals surface area contributed by atoms with Crippen molar-refractivity contribution in [2.45, 2.75) is 105 Å². The van der Waals surface area contributed by atoms with Gasteiger partial charge in [-0.15, -0.1) is 0 Å². The van der Waals surface area contributed by atoms with E-state index < -0.39 is 0 Å². The molecule has 0 bridgehead atoms. The zero-order valence-corrected chi connectivity index (χ0v) is 31.6. The molecule has 48 heavy (non-hydrogen) atoms. The van der Waals surface area contributed by atoms with Crippen LogP contribution in [-0.4, -0.2) is 61.0 Å². The summed E-state index contributed by atoms with van der Waals surface area (Å²) in [6, 6.07) is 12.4. The molecule has 1 saturated carbocycles. The summed E-state index contributed by atoms with van der Waals surface area (Å²) in [7, 11) is 2.15. The molecule has 2 aromatic carbocycles. The second kappa shape index (κ2) is 22.4. The summed E-state index contributed by atoms with van der Waals surface area (Å²) in [5.41, 5.74) is 5.61. The first-order valence-corrected chi connectivity index (χ1v) is 18.1. The number of rotatable bonds is 9. The molecule has 5 rings (SSSR count). The molecule has 1 aliphatic heterocycles. The topological polar surface area (TPSA) is 91.4 Å². The third-order valence-corrected chi connectivity index (χ3v) is 8.65. The van der Waals surface area contributed by atoms with Gasteiger partial charge in [0, 0.05) is 31.9 Å². The number of ether oxygens (including phenoxy) is 1. The van der Waals surface area contributed by atoms with Crippen molar-refractivity contribution < 1.29 is 9.53 Å². The van der Waals surface area contributed by atoms with Gasteiger partial charge in [-0.2, -0.15) is 4.98 Å². The maximum absolute atomic E-state index is 8.00. The molecule has 0 radical (unpaired) electrons. The number of benzene rings is 2. The van der Waals surface area contributed by atoms with Crippen LogP contribution < -0.4 is 20.7 Å². The number of hydrogen-bond acceptors (Lipinski definition) is 8. The first-order chi connectivity index (χ1) is 23.1. The molecule has 1 aliphatic carbocycles. The molecule has 3 N–H and O–H groups in total. The number of carbonyl (C=O) groups is 1. The number of carbonyl (C=O) groups excluding carboxylic acids is 1. The lowest BCUT2D eigenvalue weighted by Gasteiger charge is -2.26. The van der Waals surface area contributed by atoms with Crippen LogP contribution in [0.5, 0.6) is 5.75 Å². The quantitative estimate of drug-likeness (QED) is 0.206. The van der Waals surface area contributed by atoms with Gasteiger partial charge in [0.1, 0.15) is 17.6 Å². The Kier molecular flexibility index (Phi) is 19.2. The van der Waals surface area contributed by atoms with Gasteiger partial charge in [0.15, 0.2) is 5.82 Å². The van der Waals surface area contributed by atoms with Gasteiger partial charge in [-0.05, 0) is 94.3 Å². The van der Waals surface area contributed by atoms with Crippen LogP contribution in [0.1, 0.15) is 102 Å². The highest BCUT2D eigenvalue weighted by molar-refractivity contribution is 6.32. The van der Waals surface area contributed by atoms with Gasteiger partial charge in [0.2, 0.25) is 5.95 Å². The van der Waals surface area contributed by atoms with Crippen molar-refractivity contribution in [1.82, 2.24) is 20.2 Å². The lowest BCUT2D eigenvalue weighted by molar-refractivity contribution is -0.0980. The maximum atomic E-state index is 8.00. The first kappa shape index (κ1) is 41.0. The summed E-state index contributed by atoms with van der Waals surface area (Å²) >= 11 is 6.39. The van der Waals surface area contributed by atoms with E-state index in [-0.39, 0.29) is 6.10 Å². The average Bonchev–Trinajstić information content (AvgIpc) is 3.07. The van der Waals surface area contributed by atoms with Gasteiger partial charge in [-0.3, -0.25) is 0 Å². The molecule has 0 unspecified atom stereocenters. The Hall–Kier alpha value is -3.20. The number of nitrogens with zero attached hydrogens (tertiary/aromatic N) is 3. The number of aromatic nitrogens is 2. The highest BCUT2D eigenvalue weighted by Crippen LogP contribution is 2.40. The molecule has 266 valence electrons. The van der Waals surface area contributed by atoms with E-state index in [4.69, 9.17) is 21.1 Å². The number of aryl methyl sites for hydroxylation is 2. The second-order valence-electron chi connectivity index (χ2n) is 13.4. The first-order valence-electron chi connectivity index (χ1n) is 17.7. The molecule has 0 spiro atoms. The van der Waals surface area contributed by atoms with Gasteiger partial charge < -0.3 is 30.4 Å². The maximum Gasteiger partial charge on any atom is 0.229 e. The fourth-order valence-corrected chi connectivity index (χ4v) is 5.97. The molecule has 2 aliphatic rings. The van der Waals surface area contributed by atoms with Crippen LogP contribution in [0.3, 0.4) is 0 Å². The number of likely N-dealkylation sites (N-methyl/N-ethyl adjacent to an activating group) is 1. The highest BCUT2D eigenvalue weighted by atomic mass is 35.5. The molecule has 0 amide bonds. The third kappa shape index (κ3) is 14.5. The molecule has 1 saturated heterocycles. The predicted molar refractivity (Wildman–Crippen MR) is 205 cm³/mol. The molecule has 2 heterocycles. The van der Waals surface area contributed by atoms with Gasteiger partial charge in [-0.1, -0.05) is 82.7 Å². The Bertz CT molecular complexity index is 1340. The normalized spacial score (nSPS) is 14.9. The number of anilines is 4. The molecular weight excluding hydrogens is 620 g/mol. The van der Waals surface area contributed by atoms with Gasteiger partial charge >= 0.3 is 0 Å². The van der Waals surface area contributed by atoms with Crippen LogP contribution >= 0.6 is 11.6 Å². The van der Waals surface area contributed by atoms with Crippen LogP contribution in [0.25, 0.3) is 0 Å². The largest absolute Gasteiger partial charge is 0.489 e. The lowest BCUT2D eigenvalue weighted by atomic mass is 9.82. The number of hydrogen-bond donors (Lipinski definition) is 3. The van der Waals surface area contributed by atoms with E-state index in [2.05, 4.69) is 77.7 Å². The van der Waals surface area contributed by atoms with Crippen molar-refractivity contribution in [2.75, 3.05) is 43.9 Å². The number of halogens is 1. The van der Waals surface area contributed by atoms with Gasteiger partial charge in [-0.25, -0.2) is 4.98 Å². The Balaban J connectivity index is 0.000000443. The number of para-hydroxylation sites is 1. The van der Waals surface area contributed by atoms with Crippen molar-refractivity contribution in [2.24, 2.45) is 5.92 Å². The van der Waals surface area contributed by atoms with E-state index in [0.717, 1.165) is 41.7 Å². The molecule has 1 aromatic heterocycles. The monoisotopic (exact) mass is 680 g/mol. The van der Waals surface area contributed by atoms with Crippen LogP contribution in [0, 0.1) is 19.8 Å². The van der Waals surface area contributed by atoms with Crippen molar-refractivity contribution in [3.63, 3.8) is 0 Å². The smallest absolute Gasteiger partial charge is 0.229 e. The third-order valence-electron chi connectivity index (χ3n) is 8.37. The summed E-state index contributed by atoms with van der Waals surface area (Å²) < 4.78 is 6.21. The molecule has 9 heteroatoms. The fourth-order valence-electron chi connectivity index (χ4n) is 5.84. The van der Waals surface area contributed by atoms with Crippen molar-refractivity contribution in [3.05, 3.63) is 64.3 Å². The van der Waals surface area contributed by atoms with Gasteiger partial charge in [0.05, 0.1) is 18.0 Å². The van der Waals surface area contributed by atoms with E-state index in [0.29, 0.717) is 22.7 Å². The Morgan fingerprint density at radius 3 is 2.19 bits per heavy atom. The van der Waals surface area contributed by atoms with E-state index in [1.807, 2.05) is 51.8 Å². The summed E-state index contributed by atoms with van der Waals surface area (Å²) in [6.45, 7) is 21.8. The SMILES string of the molecule is C=O.CCCC(C)C.CN1CCNCC1.Cc1ccccc1Nc1nc(Nc2cc(C)c(C3CCCCC3)cc2OC(C)C)ncc1Cl. The average molecular weight is 681 g/mol. The predicted octanol–water partition coefficient (Wildman–Crippen LogP) is 9.85. The minimum absolute atomic E-state index is 0.0666. The van der Waals surface area contributed by atoms with E-state index in [1.165, 1.54) is 69.2 Å². The minimum Gasteiger partial charge on any atom is -0.489 e. The van der Waals surface area contributed by atoms with Crippen LogP contribution in [0.2, 0.25) is 5.02 Å². The fraction of sp³-hybridized carbons (Fsp3) is 0.564. The molecule has 2 fully saturated rings. The van der Waals surface area contributed by atoms with Crippen LogP contribution in [0.15, 0.2) is 42.6 Å². The summed E-state index contributed by atoms with van der Waals surface area (Å²) in [5.74, 6) is 3.37. The molecular formula is C39H61ClN6O2. The zero-order chi connectivity index (χ0) is 35.5. The van der Waals surface area contributed by atoms with Crippen molar-refractivity contribution in [3.8, 4) is 5.75 Å². The standard InChI is InChI=1S/C27H33ClN4O.C6H14.C5H12N2.CH2O/c1-17(2)33-25-15-21(20-11-6-5-7-12-20)19(4)14-24(25)31-27-29-16-22(28)26(32-27)30-23-13-9-8-10-18(23)3;1-4-5-6(2)3;1-7-4-2-6-3-5-7;1-2/h8-10,13-17,20H,5-7,11-12H2,1-4H3,(H2,29,30,31,32);6H,4-5H2,1-3H3;6H,2-5H2,1H3;1H2. The molecule has 0 atom stereocenters. The Morgan fingerprint density at radius 1 is 0.979 bits per heavy atom. The minimum atomic E-state index is 0.0666.